The molecule has 0 unspecified atom stereocenters. The Morgan fingerprint density at radius 1 is 1.19 bits per heavy atom. The molecule has 10 nitrogen and oxygen atoms in total. The Labute approximate surface area is 252 Å². The van der Waals surface area contributed by atoms with Gasteiger partial charge in [0.05, 0.1) is 17.9 Å². The fourth-order valence-corrected chi connectivity index (χ4v) is 8.98. The third-order valence-corrected chi connectivity index (χ3v) is 11.8. The molecule has 5 rings (SSSR count). The summed E-state index contributed by atoms with van der Waals surface area (Å²) in [6.45, 7) is 0.542. The Kier molecular flexibility index (Phi) is 9.31. The monoisotopic (exact) mass is 638 g/mol. The van der Waals surface area contributed by atoms with E-state index in [0.29, 0.717) is 60.6 Å². The molecule has 1 saturated carbocycles. The van der Waals surface area contributed by atoms with Gasteiger partial charge in [0.25, 0.3) is 0 Å². The van der Waals surface area contributed by atoms with Crippen LogP contribution < -0.4 is 5.32 Å². The number of hydrogen-bond donors (Lipinski definition) is 2. The van der Waals surface area contributed by atoms with Gasteiger partial charge in [-0.2, -0.15) is 0 Å². The summed E-state index contributed by atoms with van der Waals surface area (Å²) < 4.78 is 47.6. The number of carboxylic acid groups (broad SMARTS) is 1. The summed E-state index contributed by atoms with van der Waals surface area (Å²) >= 11 is 7.80. The van der Waals surface area contributed by atoms with Crippen LogP contribution in [0.3, 0.4) is 0 Å². The number of carboxylic acids is 1. The topological polar surface area (TPSA) is 138 Å². The second kappa shape index (κ2) is 12.8. The lowest BCUT2D eigenvalue weighted by atomic mass is 9.86. The quantitative estimate of drug-likeness (QED) is 0.402. The Morgan fingerprint density at radius 3 is 2.50 bits per heavy atom. The molecule has 0 amide bonds. The number of thiazole rings is 1. The molecular formula is C28H32ClFN4O6S2. The van der Waals surface area contributed by atoms with E-state index in [9.17, 15) is 22.4 Å². The van der Waals surface area contributed by atoms with Crippen molar-refractivity contribution < 1.29 is 32.2 Å². The summed E-state index contributed by atoms with van der Waals surface area (Å²) in [7, 11) is -2.29. The lowest BCUT2D eigenvalue weighted by Crippen LogP contribution is -2.46. The van der Waals surface area contributed by atoms with E-state index in [0.717, 1.165) is 0 Å². The first kappa shape index (κ1) is 30.6. The summed E-state index contributed by atoms with van der Waals surface area (Å²) in [5.74, 6) is -1.76. The number of hydrogen-bond acceptors (Lipinski definition) is 9. The van der Waals surface area contributed by atoms with Crippen LogP contribution in [0, 0.1) is 17.7 Å². The zero-order valence-corrected chi connectivity index (χ0v) is 25.4. The number of methoxy groups -OCH3 is 1. The molecule has 2 aliphatic heterocycles. The smallest absolute Gasteiger partial charge is 0.338 e. The Balaban J connectivity index is 1.40. The van der Waals surface area contributed by atoms with E-state index in [1.54, 1.807) is 11.6 Å². The summed E-state index contributed by atoms with van der Waals surface area (Å²) in [6, 6.07) is 3.04. The highest BCUT2D eigenvalue weighted by Crippen LogP contribution is 2.41. The first-order valence-electron chi connectivity index (χ1n) is 13.8. The van der Waals surface area contributed by atoms with Gasteiger partial charge in [0.2, 0.25) is 10.0 Å². The minimum absolute atomic E-state index is 0.0111. The van der Waals surface area contributed by atoms with Gasteiger partial charge in [0, 0.05) is 53.3 Å². The number of carbonyl (C=O) groups is 2. The third-order valence-electron chi connectivity index (χ3n) is 8.27. The van der Waals surface area contributed by atoms with Gasteiger partial charge in [0.15, 0.2) is 10.8 Å². The molecule has 1 aliphatic carbocycles. The van der Waals surface area contributed by atoms with Crippen molar-refractivity contribution in [2.24, 2.45) is 16.8 Å². The number of aromatic nitrogens is 1. The van der Waals surface area contributed by atoms with Crippen molar-refractivity contribution in [3.05, 3.63) is 62.5 Å². The van der Waals surface area contributed by atoms with Crippen LogP contribution in [0.4, 0.5) is 4.39 Å². The molecule has 3 aliphatic rings. The number of aliphatic carboxylic acids is 1. The van der Waals surface area contributed by atoms with Crippen molar-refractivity contribution in [3.63, 3.8) is 0 Å². The highest BCUT2D eigenvalue weighted by atomic mass is 35.5. The molecule has 0 bridgehead atoms. The number of benzene rings is 1. The lowest BCUT2D eigenvalue weighted by molar-refractivity contribution is -0.138. The molecule has 2 fully saturated rings. The van der Waals surface area contributed by atoms with E-state index in [1.807, 2.05) is 0 Å². The number of ether oxygens (including phenoxy) is 1. The second-order valence-corrected chi connectivity index (χ2v) is 14.3. The van der Waals surface area contributed by atoms with Crippen molar-refractivity contribution in [2.45, 2.75) is 56.2 Å². The fraction of sp³-hybridized carbons (Fsp3) is 0.500. The summed E-state index contributed by atoms with van der Waals surface area (Å²) in [4.78, 5) is 33.4. The number of esters is 1. The molecule has 226 valence electrons. The van der Waals surface area contributed by atoms with Gasteiger partial charge in [-0.3, -0.25) is 9.79 Å². The van der Waals surface area contributed by atoms with Gasteiger partial charge < -0.3 is 15.2 Å². The number of halogens is 2. The first-order valence-corrected chi connectivity index (χ1v) is 16.6. The van der Waals surface area contributed by atoms with E-state index in [4.69, 9.17) is 26.4 Å². The fourth-order valence-electron chi connectivity index (χ4n) is 6.11. The van der Waals surface area contributed by atoms with E-state index in [2.05, 4.69) is 10.3 Å². The summed E-state index contributed by atoms with van der Waals surface area (Å²) in [5.41, 5.74) is 1.24. The van der Waals surface area contributed by atoms with Crippen LogP contribution in [-0.4, -0.2) is 66.0 Å². The molecule has 1 atom stereocenters. The zero-order valence-electron chi connectivity index (χ0n) is 23.0. The number of piperidine rings is 1. The van der Waals surface area contributed by atoms with Crippen LogP contribution in [0.5, 0.6) is 0 Å². The molecule has 2 aromatic rings. The molecule has 0 radical (unpaired) electrons. The van der Waals surface area contributed by atoms with Gasteiger partial charge in [-0.25, -0.2) is 26.9 Å². The van der Waals surface area contributed by atoms with Crippen molar-refractivity contribution in [1.82, 2.24) is 14.6 Å². The summed E-state index contributed by atoms with van der Waals surface area (Å²) in [6.07, 6.45) is 4.68. The molecule has 3 heterocycles. The maximum atomic E-state index is 13.9. The molecule has 1 aromatic heterocycles. The standard InChI is InChI=1S/C28H32ClFN4O6S2/c1-40-28(37)23-24(32-26(27-31-10-13-41-27)33-25(23)20-7-4-18(30)15-21(20)29)17-8-11-34(12-9-17)42(38,39)19-5-2-16(3-6-19)14-22(35)36/h4,7,10,13,15-17,19,25H,2-3,5-6,8-9,11-12,14H2,1H3,(H,32,33)(H,35,36)/t16-,19-,25-/m1/s1. The van der Waals surface area contributed by atoms with Crippen molar-refractivity contribution in [1.29, 1.82) is 0 Å². The summed E-state index contributed by atoms with van der Waals surface area (Å²) in [5, 5.41) is 14.4. The van der Waals surface area contributed by atoms with E-state index >= 15 is 0 Å². The average Bonchev–Trinajstić information content (AvgIpc) is 3.52. The minimum atomic E-state index is -3.56. The molecule has 0 spiro atoms. The third kappa shape index (κ3) is 6.38. The Bertz CT molecular complexity index is 1500. The normalized spacial score (nSPS) is 24.2. The van der Waals surface area contributed by atoms with Gasteiger partial charge in [-0.05, 0) is 56.6 Å². The van der Waals surface area contributed by atoms with Gasteiger partial charge in [-0.15, -0.1) is 11.3 Å². The van der Waals surface area contributed by atoms with Crippen molar-refractivity contribution in [3.8, 4) is 0 Å². The molecule has 1 aromatic carbocycles. The molecule has 42 heavy (non-hydrogen) atoms. The first-order chi connectivity index (χ1) is 20.1. The van der Waals surface area contributed by atoms with Crippen LogP contribution >= 0.6 is 22.9 Å². The Morgan fingerprint density at radius 2 is 1.90 bits per heavy atom. The van der Waals surface area contributed by atoms with Crippen LogP contribution in [0.2, 0.25) is 5.02 Å². The SMILES string of the molecule is COC(=O)C1=C(C2CCN(S(=O)(=O)[C@H]3CC[C@H](CC(=O)O)CC3)CC2)NC(c2nccs2)=N[C@@H]1c1ccc(F)cc1Cl. The number of rotatable bonds is 8. The largest absolute Gasteiger partial charge is 0.481 e. The molecule has 2 N–H and O–H groups in total. The molecular weight excluding hydrogens is 607 g/mol. The lowest BCUT2D eigenvalue weighted by Gasteiger charge is -2.38. The van der Waals surface area contributed by atoms with Crippen LogP contribution in [0.25, 0.3) is 0 Å². The van der Waals surface area contributed by atoms with Crippen molar-refractivity contribution >= 4 is 50.7 Å². The number of allylic oxidation sites excluding steroid dienone is 1. The highest BCUT2D eigenvalue weighted by molar-refractivity contribution is 7.89. The Hall–Kier alpha value is -2.87. The predicted octanol–water partition coefficient (Wildman–Crippen LogP) is 4.53. The van der Waals surface area contributed by atoms with E-state index in [1.165, 1.54) is 41.0 Å². The van der Waals surface area contributed by atoms with E-state index in [-0.39, 0.29) is 41.9 Å². The number of sulfonamides is 1. The van der Waals surface area contributed by atoms with Gasteiger partial charge in [-0.1, -0.05) is 17.7 Å². The van der Waals surface area contributed by atoms with Gasteiger partial charge in [0.1, 0.15) is 11.9 Å². The predicted molar refractivity (Wildman–Crippen MR) is 156 cm³/mol. The maximum Gasteiger partial charge on any atom is 0.338 e. The number of carbonyl (C=O) groups excluding carboxylic acids is 1. The average molecular weight is 639 g/mol. The maximum absolute atomic E-state index is 13.9. The number of aliphatic imine (C=N–C) groups is 1. The molecule has 1 saturated heterocycles. The zero-order chi connectivity index (χ0) is 30.0. The number of nitrogens with zero attached hydrogens (tertiary/aromatic N) is 3. The van der Waals surface area contributed by atoms with Gasteiger partial charge >= 0.3 is 11.9 Å². The van der Waals surface area contributed by atoms with Crippen LogP contribution in [0.1, 0.15) is 61.6 Å². The van der Waals surface area contributed by atoms with Crippen LogP contribution in [0.15, 0.2) is 46.0 Å². The highest BCUT2D eigenvalue weighted by Gasteiger charge is 2.41. The van der Waals surface area contributed by atoms with E-state index < -0.39 is 39.1 Å². The number of amidine groups is 1. The van der Waals surface area contributed by atoms with Crippen molar-refractivity contribution in [2.75, 3.05) is 20.2 Å². The second-order valence-electron chi connectivity index (χ2n) is 10.8. The molecule has 14 heteroatoms. The minimum Gasteiger partial charge on any atom is -0.481 e. The number of nitrogens with one attached hydrogen (secondary N) is 1. The van der Waals surface area contributed by atoms with Crippen LogP contribution in [-0.2, 0) is 24.3 Å².